The number of carbonyl (C=O) groups is 1. The van der Waals surface area contributed by atoms with E-state index >= 15 is 0 Å². The molecule has 1 atom stereocenters. The highest BCUT2D eigenvalue weighted by Gasteiger charge is 2.13. The van der Waals surface area contributed by atoms with Gasteiger partial charge in [-0.25, -0.2) is 0 Å². The van der Waals surface area contributed by atoms with E-state index in [1.807, 2.05) is 0 Å². The van der Waals surface area contributed by atoms with Crippen molar-refractivity contribution in [3.8, 4) is 0 Å². The van der Waals surface area contributed by atoms with Gasteiger partial charge >= 0.3 is 5.97 Å². The third kappa shape index (κ3) is 27.8. The Balaban J connectivity index is 4.01. The van der Waals surface area contributed by atoms with Crippen LogP contribution in [0.4, 0.5) is 0 Å². The Kier molecular flexibility index (Phi) is 29.1. The molecule has 0 saturated carbocycles. The summed E-state index contributed by atoms with van der Waals surface area (Å²) < 4.78 is 17.5. The summed E-state index contributed by atoms with van der Waals surface area (Å²) in [5.74, 6) is -0.0878. The molecule has 0 aromatic rings. The van der Waals surface area contributed by atoms with Crippen LogP contribution in [0.5, 0.6) is 0 Å². The molecule has 0 aromatic carbocycles. The van der Waals surface area contributed by atoms with Crippen molar-refractivity contribution in [3.63, 3.8) is 0 Å². The zero-order valence-electron chi connectivity index (χ0n) is 24.1. The minimum atomic E-state index is -0.141. The molecule has 4 nitrogen and oxygen atoms in total. The monoisotopic (exact) mass is 498 g/mol. The molecule has 0 aliphatic heterocycles. The van der Waals surface area contributed by atoms with Crippen LogP contribution in [0.2, 0.25) is 0 Å². The van der Waals surface area contributed by atoms with Gasteiger partial charge in [-0.05, 0) is 19.3 Å². The summed E-state index contributed by atoms with van der Waals surface area (Å²) in [6.45, 7) is 9.10. The first kappa shape index (κ1) is 34.4. The van der Waals surface area contributed by atoms with Crippen molar-refractivity contribution in [1.29, 1.82) is 0 Å². The molecule has 0 amide bonds. The Labute approximate surface area is 219 Å². The first-order valence-corrected chi connectivity index (χ1v) is 15.6. The van der Waals surface area contributed by atoms with Crippen molar-refractivity contribution >= 4 is 5.97 Å². The van der Waals surface area contributed by atoms with E-state index in [1.54, 1.807) is 0 Å². The highest BCUT2D eigenvalue weighted by atomic mass is 16.6. The average Bonchev–Trinajstić information content (AvgIpc) is 2.86. The fraction of sp³-hybridized carbons (Fsp3) is 0.968. The first-order chi connectivity index (χ1) is 17.2. The first-order valence-electron chi connectivity index (χ1n) is 15.6. The van der Waals surface area contributed by atoms with Gasteiger partial charge in [0.05, 0.1) is 6.61 Å². The maximum absolute atomic E-state index is 12.2. The van der Waals surface area contributed by atoms with Crippen molar-refractivity contribution in [2.24, 2.45) is 0 Å². The lowest BCUT2D eigenvalue weighted by Gasteiger charge is -2.18. The molecule has 0 heterocycles. The number of esters is 1. The lowest BCUT2D eigenvalue weighted by atomic mass is 10.1. The summed E-state index contributed by atoms with van der Waals surface area (Å²) in [4.78, 5) is 12.2. The molecule has 0 spiro atoms. The zero-order valence-corrected chi connectivity index (χ0v) is 24.1. The number of ether oxygens (including phenoxy) is 3. The van der Waals surface area contributed by atoms with Crippen LogP contribution < -0.4 is 0 Å². The van der Waals surface area contributed by atoms with Gasteiger partial charge in [-0.15, -0.1) is 0 Å². The normalized spacial score (nSPS) is 12.2. The lowest BCUT2D eigenvalue weighted by molar-refractivity contribution is -0.150. The third-order valence-corrected chi connectivity index (χ3v) is 6.71. The van der Waals surface area contributed by atoms with Crippen LogP contribution in [0.25, 0.3) is 0 Å². The molecule has 210 valence electrons. The van der Waals surface area contributed by atoms with Crippen LogP contribution in [-0.2, 0) is 19.0 Å². The Morgan fingerprint density at radius 1 is 0.514 bits per heavy atom. The highest BCUT2D eigenvalue weighted by Crippen LogP contribution is 2.11. The molecule has 0 fully saturated rings. The maximum atomic E-state index is 12.2. The number of hydrogen-bond acceptors (Lipinski definition) is 4. The van der Waals surface area contributed by atoms with Crippen molar-refractivity contribution in [2.45, 2.75) is 168 Å². The number of hydrogen-bond donors (Lipinski definition) is 0. The van der Waals surface area contributed by atoms with Crippen molar-refractivity contribution < 1.29 is 19.0 Å². The van der Waals surface area contributed by atoms with Crippen LogP contribution in [0.1, 0.15) is 162 Å². The predicted molar refractivity (Wildman–Crippen MR) is 150 cm³/mol. The highest BCUT2D eigenvalue weighted by molar-refractivity contribution is 5.69. The average molecular weight is 499 g/mol. The van der Waals surface area contributed by atoms with Gasteiger partial charge in [-0.1, -0.05) is 136 Å². The Hall–Kier alpha value is -0.610. The molecule has 0 saturated heterocycles. The molecule has 1 unspecified atom stereocenters. The van der Waals surface area contributed by atoms with Crippen molar-refractivity contribution in [3.05, 3.63) is 0 Å². The second-order valence-electron chi connectivity index (χ2n) is 10.4. The topological polar surface area (TPSA) is 44.8 Å². The number of rotatable bonds is 29. The van der Waals surface area contributed by atoms with E-state index in [4.69, 9.17) is 14.2 Å². The fourth-order valence-corrected chi connectivity index (χ4v) is 4.31. The maximum Gasteiger partial charge on any atom is 0.305 e. The minimum Gasteiger partial charge on any atom is -0.463 e. The van der Waals surface area contributed by atoms with Gasteiger partial charge in [0.1, 0.15) is 12.7 Å². The molecular weight excluding hydrogens is 436 g/mol. The quantitative estimate of drug-likeness (QED) is 0.0760. The van der Waals surface area contributed by atoms with Gasteiger partial charge < -0.3 is 14.2 Å². The molecule has 0 aliphatic carbocycles. The molecule has 0 rings (SSSR count). The van der Waals surface area contributed by atoms with E-state index in [2.05, 4.69) is 20.8 Å². The second kappa shape index (κ2) is 29.6. The molecule has 0 bridgehead atoms. The smallest absolute Gasteiger partial charge is 0.305 e. The van der Waals surface area contributed by atoms with Crippen molar-refractivity contribution in [1.82, 2.24) is 0 Å². The SMILES string of the molecule is CCCCCCCCCOCC(COC(=O)CCCCCCCCC)OCCCCCCCCC. The largest absolute Gasteiger partial charge is 0.463 e. The molecule has 4 heteroatoms. The minimum absolute atomic E-state index is 0.0878. The molecule has 0 aromatic heterocycles. The molecule has 35 heavy (non-hydrogen) atoms. The summed E-state index contributed by atoms with van der Waals surface area (Å²) in [6.07, 6.45) is 26.8. The van der Waals surface area contributed by atoms with Gasteiger partial charge in [0, 0.05) is 19.6 Å². The van der Waals surface area contributed by atoms with E-state index < -0.39 is 0 Å². The Morgan fingerprint density at radius 3 is 1.46 bits per heavy atom. The van der Waals surface area contributed by atoms with E-state index in [-0.39, 0.29) is 12.1 Å². The molecule has 0 radical (unpaired) electrons. The van der Waals surface area contributed by atoms with Crippen molar-refractivity contribution in [2.75, 3.05) is 26.4 Å². The lowest BCUT2D eigenvalue weighted by Crippen LogP contribution is -2.28. The Bertz CT molecular complexity index is 413. The van der Waals surface area contributed by atoms with E-state index in [0.717, 1.165) is 38.9 Å². The number of unbranched alkanes of at least 4 members (excludes halogenated alkanes) is 18. The van der Waals surface area contributed by atoms with Gasteiger partial charge in [0.2, 0.25) is 0 Å². The van der Waals surface area contributed by atoms with E-state index in [0.29, 0.717) is 19.6 Å². The van der Waals surface area contributed by atoms with Gasteiger partial charge in [-0.2, -0.15) is 0 Å². The summed E-state index contributed by atoms with van der Waals surface area (Å²) in [6, 6.07) is 0. The standard InChI is InChI=1S/C31H62O4/c1-4-7-10-13-16-19-22-25-31(32)35-29-30(34-27-24-21-18-15-12-9-6-3)28-33-26-23-20-17-14-11-8-5-2/h30H,4-29H2,1-3H3. The van der Waals surface area contributed by atoms with Crippen LogP contribution in [-0.4, -0.2) is 38.5 Å². The van der Waals surface area contributed by atoms with E-state index in [9.17, 15) is 4.79 Å². The zero-order chi connectivity index (χ0) is 25.7. The summed E-state index contributed by atoms with van der Waals surface area (Å²) in [5, 5.41) is 0. The Morgan fingerprint density at radius 2 is 0.943 bits per heavy atom. The summed E-state index contributed by atoms with van der Waals surface area (Å²) >= 11 is 0. The van der Waals surface area contributed by atoms with Gasteiger partial charge in [0.25, 0.3) is 0 Å². The fourth-order valence-electron chi connectivity index (χ4n) is 4.31. The summed E-state index contributed by atoms with van der Waals surface area (Å²) in [5.41, 5.74) is 0. The molecule has 0 N–H and O–H groups in total. The van der Waals surface area contributed by atoms with Crippen LogP contribution in [0, 0.1) is 0 Å². The molecule has 0 aliphatic rings. The van der Waals surface area contributed by atoms with Crippen LogP contribution in [0.15, 0.2) is 0 Å². The third-order valence-electron chi connectivity index (χ3n) is 6.71. The number of carbonyl (C=O) groups excluding carboxylic acids is 1. The van der Waals surface area contributed by atoms with Crippen LogP contribution in [0.3, 0.4) is 0 Å². The van der Waals surface area contributed by atoms with Gasteiger partial charge in [0.15, 0.2) is 0 Å². The summed E-state index contributed by atoms with van der Waals surface area (Å²) in [7, 11) is 0. The van der Waals surface area contributed by atoms with Crippen LogP contribution >= 0.6 is 0 Å². The van der Waals surface area contributed by atoms with Gasteiger partial charge in [-0.3, -0.25) is 4.79 Å². The predicted octanol–water partition coefficient (Wildman–Crippen LogP) is 9.57. The van der Waals surface area contributed by atoms with E-state index in [1.165, 1.54) is 109 Å². The molecular formula is C31H62O4. The second-order valence-corrected chi connectivity index (χ2v) is 10.4.